The van der Waals surface area contributed by atoms with Gasteiger partial charge in [-0.05, 0) is 6.07 Å². The zero-order valence-corrected chi connectivity index (χ0v) is 11.3. The van der Waals surface area contributed by atoms with E-state index in [2.05, 4.69) is 5.32 Å². The van der Waals surface area contributed by atoms with Crippen molar-refractivity contribution in [3.05, 3.63) is 29.8 Å². The predicted molar refractivity (Wildman–Crippen MR) is 72.7 cm³/mol. The van der Waals surface area contributed by atoms with Crippen LogP contribution in [0.3, 0.4) is 0 Å². The molecule has 1 heterocycles. The van der Waals surface area contributed by atoms with E-state index in [1.807, 2.05) is 24.3 Å². The van der Waals surface area contributed by atoms with Gasteiger partial charge in [0.2, 0.25) is 0 Å². The molecule has 108 valence electrons. The van der Waals surface area contributed by atoms with Gasteiger partial charge in [-0.25, -0.2) is 4.79 Å². The molecule has 2 rings (SSSR count). The van der Waals surface area contributed by atoms with Crippen molar-refractivity contribution in [3.8, 4) is 5.75 Å². The van der Waals surface area contributed by atoms with E-state index in [-0.39, 0.29) is 25.0 Å². The molecule has 6 nitrogen and oxygen atoms in total. The summed E-state index contributed by atoms with van der Waals surface area (Å²) in [5.74, 6) is -0.127. The molecule has 1 atom stereocenters. The maximum Gasteiger partial charge on any atom is 0.317 e. The third-order valence-corrected chi connectivity index (χ3v) is 3.26. The lowest BCUT2D eigenvalue weighted by molar-refractivity contribution is -0.137. The van der Waals surface area contributed by atoms with Crippen LogP contribution >= 0.6 is 0 Å². The lowest BCUT2D eigenvalue weighted by Gasteiger charge is -2.28. The summed E-state index contributed by atoms with van der Waals surface area (Å²) in [6.45, 7) is 0.743. The number of carboxylic acids is 1. The highest BCUT2D eigenvalue weighted by Gasteiger charge is 2.23. The average Bonchev–Trinajstić information content (AvgIpc) is 2.45. The Balaban J connectivity index is 1.97. The fourth-order valence-electron chi connectivity index (χ4n) is 2.12. The largest absolute Gasteiger partial charge is 0.493 e. The first kappa shape index (κ1) is 14.2. The normalized spacial score (nSPS) is 16.8. The highest BCUT2D eigenvalue weighted by atomic mass is 16.5. The smallest absolute Gasteiger partial charge is 0.317 e. The minimum Gasteiger partial charge on any atom is -0.493 e. The van der Waals surface area contributed by atoms with Crippen molar-refractivity contribution >= 4 is 12.0 Å². The average molecular weight is 278 g/mol. The van der Waals surface area contributed by atoms with Crippen molar-refractivity contribution in [1.29, 1.82) is 0 Å². The van der Waals surface area contributed by atoms with Crippen LogP contribution in [-0.2, 0) is 4.79 Å². The first-order valence-electron chi connectivity index (χ1n) is 6.53. The number of ether oxygens (including phenoxy) is 1. The van der Waals surface area contributed by atoms with Crippen LogP contribution in [0.5, 0.6) is 5.75 Å². The number of aliphatic carboxylic acids is 1. The van der Waals surface area contributed by atoms with Crippen LogP contribution in [0.15, 0.2) is 24.3 Å². The van der Waals surface area contributed by atoms with Gasteiger partial charge in [0.15, 0.2) is 0 Å². The first-order valence-corrected chi connectivity index (χ1v) is 6.53. The lowest BCUT2D eigenvalue weighted by atomic mass is 10.0. The summed E-state index contributed by atoms with van der Waals surface area (Å²) in [7, 11) is 1.59. The van der Waals surface area contributed by atoms with Crippen molar-refractivity contribution in [1.82, 2.24) is 10.2 Å². The highest BCUT2D eigenvalue weighted by Crippen LogP contribution is 2.31. The number of amides is 2. The third kappa shape index (κ3) is 3.40. The molecular weight excluding hydrogens is 260 g/mol. The number of hydrogen-bond acceptors (Lipinski definition) is 3. The van der Waals surface area contributed by atoms with Crippen molar-refractivity contribution in [2.45, 2.75) is 18.9 Å². The Labute approximate surface area is 117 Å². The molecule has 20 heavy (non-hydrogen) atoms. The second-order valence-corrected chi connectivity index (χ2v) is 4.74. The van der Waals surface area contributed by atoms with E-state index in [0.29, 0.717) is 13.0 Å². The summed E-state index contributed by atoms with van der Waals surface area (Å²) in [5.41, 5.74) is 0.957. The van der Waals surface area contributed by atoms with Gasteiger partial charge >= 0.3 is 12.0 Å². The highest BCUT2D eigenvalue weighted by molar-refractivity contribution is 5.75. The minimum absolute atomic E-state index is 0.0612. The van der Waals surface area contributed by atoms with E-state index >= 15 is 0 Å². The molecule has 1 aromatic rings. The predicted octanol–water partition coefficient (Wildman–Crippen LogP) is 1.63. The van der Waals surface area contributed by atoms with Crippen LogP contribution in [0.1, 0.15) is 24.4 Å². The molecule has 0 fully saturated rings. The maximum absolute atomic E-state index is 12.0. The Kier molecular flexibility index (Phi) is 4.45. The quantitative estimate of drug-likeness (QED) is 0.877. The van der Waals surface area contributed by atoms with E-state index in [1.54, 1.807) is 7.05 Å². The van der Waals surface area contributed by atoms with Crippen molar-refractivity contribution in [3.63, 3.8) is 0 Å². The van der Waals surface area contributed by atoms with Gasteiger partial charge in [0.1, 0.15) is 5.75 Å². The lowest BCUT2D eigenvalue weighted by Crippen LogP contribution is -2.41. The third-order valence-electron chi connectivity index (χ3n) is 3.26. The molecule has 0 radical (unpaired) electrons. The number of hydrogen-bond donors (Lipinski definition) is 2. The molecule has 6 heteroatoms. The monoisotopic (exact) mass is 278 g/mol. The van der Waals surface area contributed by atoms with Gasteiger partial charge in [0.25, 0.3) is 0 Å². The van der Waals surface area contributed by atoms with Crippen molar-refractivity contribution in [2.75, 3.05) is 20.2 Å². The van der Waals surface area contributed by atoms with Crippen LogP contribution in [0.25, 0.3) is 0 Å². The van der Waals surface area contributed by atoms with Crippen LogP contribution in [-0.4, -0.2) is 42.2 Å². The van der Waals surface area contributed by atoms with E-state index in [0.717, 1.165) is 11.3 Å². The molecule has 0 saturated heterocycles. The molecule has 1 aliphatic rings. The number of nitrogens with one attached hydrogen (secondary N) is 1. The Morgan fingerprint density at radius 1 is 1.45 bits per heavy atom. The van der Waals surface area contributed by atoms with Crippen LogP contribution in [0, 0.1) is 0 Å². The number of fused-ring (bicyclic) bond motifs is 1. The van der Waals surface area contributed by atoms with Crippen molar-refractivity contribution < 1.29 is 19.4 Å². The molecule has 0 spiro atoms. The molecule has 0 bridgehead atoms. The number of carbonyl (C=O) groups excluding carboxylic acids is 1. The molecule has 0 aliphatic carbocycles. The molecule has 0 aromatic heterocycles. The van der Waals surface area contributed by atoms with Gasteiger partial charge in [0.05, 0.1) is 19.1 Å². The summed E-state index contributed by atoms with van der Waals surface area (Å²) in [6.07, 6.45) is 0.643. The zero-order valence-electron chi connectivity index (χ0n) is 11.3. The molecule has 0 saturated carbocycles. The Bertz CT molecular complexity index is 504. The second kappa shape index (κ2) is 6.27. The molecule has 1 aromatic carbocycles. The fourth-order valence-corrected chi connectivity index (χ4v) is 2.12. The fraction of sp³-hybridized carbons (Fsp3) is 0.429. The standard InChI is InChI=1S/C14H18N2O4/c1-16(8-6-13(17)18)14(19)15-11-7-9-20-12-5-3-2-4-10(11)12/h2-5,11H,6-9H2,1H3,(H,15,19)(H,17,18). The number of rotatable bonds is 4. The van der Waals surface area contributed by atoms with E-state index in [1.165, 1.54) is 4.90 Å². The van der Waals surface area contributed by atoms with Crippen LogP contribution < -0.4 is 10.1 Å². The number of benzene rings is 1. The van der Waals surface area contributed by atoms with E-state index in [9.17, 15) is 9.59 Å². The number of urea groups is 1. The van der Waals surface area contributed by atoms with E-state index in [4.69, 9.17) is 9.84 Å². The van der Waals surface area contributed by atoms with Gasteiger partial charge < -0.3 is 20.1 Å². The Morgan fingerprint density at radius 3 is 2.95 bits per heavy atom. The second-order valence-electron chi connectivity index (χ2n) is 4.74. The van der Waals surface area contributed by atoms with Crippen LogP contribution in [0.4, 0.5) is 4.79 Å². The number of para-hydroxylation sites is 1. The van der Waals surface area contributed by atoms with E-state index < -0.39 is 5.97 Å². The first-order chi connectivity index (χ1) is 9.58. The minimum atomic E-state index is -0.916. The van der Waals surface area contributed by atoms with Gasteiger partial charge in [-0.3, -0.25) is 4.79 Å². The maximum atomic E-state index is 12.0. The summed E-state index contributed by atoms with van der Waals surface area (Å²) in [6, 6.07) is 7.23. The molecule has 1 aliphatic heterocycles. The Hall–Kier alpha value is -2.24. The summed E-state index contributed by atoms with van der Waals surface area (Å²) in [4.78, 5) is 23.9. The van der Waals surface area contributed by atoms with Crippen LogP contribution in [0.2, 0.25) is 0 Å². The summed E-state index contributed by atoms with van der Waals surface area (Å²) < 4.78 is 5.53. The summed E-state index contributed by atoms with van der Waals surface area (Å²) in [5, 5.41) is 11.5. The topological polar surface area (TPSA) is 78.9 Å². The molecule has 1 unspecified atom stereocenters. The van der Waals surface area contributed by atoms with Gasteiger partial charge in [-0.2, -0.15) is 0 Å². The summed E-state index contributed by atoms with van der Waals surface area (Å²) >= 11 is 0. The Morgan fingerprint density at radius 2 is 2.20 bits per heavy atom. The number of carboxylic acid groups (broad SMARTS) is 1. The zero-order chi connectivity index (χ0) is 14.5. The molecule has 2 amide bonds. The van der Waals surface area contributed by atoms with Crippen molar-refractivity contribution in [2.24, 2.45) is 0 Å². The molecular formula is C14H18N2O4. The SMILES string of the molecule is CN(CCC(=O)O)C(=O)NC1CCOc2ccccc21. The van der Waals surface area contributed by atoms with Gasteiger partial charge in [-0.15, -0.1) is 0 Å². The number of nitrogens with zero attached hydrogens (tertiary/aromatic N) is 1. The number of carbonyl (C=O) groups is 2. The van der Waals surface area contributed by atoms with Gasteiger partial charge in [0, 0.05) is 25.6 Å². The molecule has 2 N–H and O–H groups in total. The van der Waals surface area contributed by atoms with Gasteiger partial charge in [-0.1, -0.05) is 18.2 Å².